The van der Waals surface area contributed by atoms with Gasteiger partial charge in [-0.1, -0.05) is 0 Å². The van der Waals surface area contributed by atoms with E-state index in [1.807, 2.05) is 12.3 Å². The third-order valence-corrected chi connectivity index (χ3v) is 3.57. The van der Waals surface area contributed by atoms with E-state index in [1.165, 1.54) is 18.4 Å². The number of fused-ring (bicyclic) bond motifs is 1. The fourth-order valence-corrected chi connectivity index (χ4v) is 2.48. The fraction of sp³-hybridized carbons (Fsp3) is 0.467. The SMILES string of the molecule is CCOC(=O)c1cc2c(C3CC3)cnc(COC)c2[nH]1. The van der Waals surface area contributed by atoms with E-state index in [0.717, 1.165) is 16.6 Å². The van der Waals surface area contributed by atoms with Gasteiger partial charge in [0.1, 0.15) is 5.69 Å². The summed E-state index contributed by atoms with van der Waals surface area (Å²) in [5, 5.41) is 1.07. The summed E-state index contributed by atoms with van der Waals surface area (Å²) in [7, 11) is 1.64. The second kappa shape index (κ2) is 5.25. The molecule has 3 rings (SSSR count). The highest BCUT2D eigenvalue weighted by Gasteiger charge is 2.27. The lowest BCUT2D eigenvalue weighted by Gasteiger charge is -2.05. The molecule has 1 saturated carbocycles. The van der Waals surface area contributed by atoms with Gasteiger partial charge in [0.25, 0.3) is 0 Å². The van der Waals surface area contributed by atoms with Crippen molar-refractivity contribution in [3.05, 3.63) is 29.2 Å². The van der Waals surface area contributed by atoms with Crippen LogP contribution in [0.1, 0.15) is 47.4 Å². The van der Waals surface area contributed by atoms with Crippen molar-refractivity contribution in [1.82, 2.24) is 9.97 Å². The van der Waals surface area contributed by atoms with Gasteiger partial charge < -0.3 is 14.5 Å². The summed E-state index contributed by atoms with van der Waals surface area (Å²) in [4.78, 5) is 19.5. The summed E-state index contributed by atoms with van der Waals surface area (Å²) >= 11 is 0. The maximum absolute atomic E-state index is 11.9. The zero-order valence-corrected chi connectivity index (χ0v) is 11.7. The van der Waals surface area contributed by atoms with Gasteiger partial charge in [-0.15, -0.1) is 0 Å². The molecule has 0 spiro atoms. The molecule has 0 amide bonds. The number of rotatable bonds is 5. The van der Waals surface area contributed by atoms with Crippen LogP contribution in [-0.4, -0.2) is 29.7 Å². The Bertz CT molecular complexity index is 644. The number of aromatic amines is 1. The number of H-pyrrole nitrogens is 1. The fourth-order valence-electron chi connectivity index (χ4n) is 2.48. The van der Waals surface area contributed by atoms with E-state index in [9.17, 15) is 4.79 Å². The second-order valence-electron chi connectivity index (χ2n) is 5.06. The monoisotopic (exact) mass is 274 g/mol. The minimum atomic E-state index is -0.325. The smallest absolute Gasteiger partial charge is 0.354 e. The number of nitrogens with one attached hydrogen (secondary N) is 1. The molecule has 5 heteroatoms. The van der Waals surface area contributed by atoms with Crippen LogP contribution in [0.5, 0.6) is 0 Å². The zero-order chi connectivity index (χ0) is 14.1. The van der Waals surface area contributed by atoms with Gasteiger partial charge in [-0.25, -0.2) is 4.79 Å². The number of carbonyl (C=O) groups excluding carboxylic acids is 1. The Morgan fingerprint density at radius 3 is 2.95 bits per heavy atom. The molecule has 106 valence electrons. The summed E-state index contributed by atoms with van der Waals surface area (Å²) in [6.45, 7) is 2.59. The Balaban J connectivity index is 2.10. The molecule has 1 fully saturated rings. The van der Waals surface area contributed by atoms with E-state index in [2.05, 4.69) is 9.97 Å². The van der Waals surface area contributed by atoms with E-state index < -0.39 is 0 Å². The molecule has 2 heterocycles. The maximum atomic E-state index is 11.9. The quantitative estimate of drug-likeness (QED) is 0.851. The summed E-state index contributed by atoms with van der Waals surface area (Å²) in [5.41, 5.74) is 3.41. The second-order valence-corrected chi connectivity index (χ2v) is 5.06. The number of nitrogens with zero attached hydrogens (tertiary/aromatic N) is 1. The maximum Gasteiger partial charge on any atom is 0.354 e. The normalized spacial score (nSPS) is 14.7. The van der Waals surface area contributed by atoms with Crippen molar-refractivity contribution < 1.29 is 14.3 Å². The third-order valence-electron chi connectivity index (χ3n) is 3.57. The third kappa shape index (κ3) is 2.29. The van der Waals surface area contributed by atoms with Crippen LogP contribution >= 0.6 is 0 Å². The number of hydrogen-bond donors (Lipinski definition) is 1. The van der Waals surface area contributed by atoms with Crippen molar-refractivity contribution in [3.8, 4) is 0 Å². The van der Waals surface area contributed by atoms with Gasteiger partial charge in [0.2, 0.25) is 0 Å². The Hall–Kier alpha value is -1.88. The van der Waals surface area contributed by atoms with Crippen LogP contribution in [0.4, 0.5) is 0 Å². The first-order valence-corrected chi connectivity index (χ1v) is 6.91. The molecule has 0 unspecified atom stereocenters. The Kier molecular flexibility index (Phi) is 3.44. The summed E-state index contributed by atoms with van der Waals surface area (Å²) in [6.07, 6.45) is 4.30. The minimum Gasteiger partial charge on any atom is -0.461 e. The van der Waals surface area contributed by atoms with Crippen molar-refractivity contribution in [2.75, 3.05) is 13.7 Å². The molecule has 1 aliphatic carbocycles. The molecule has 1 N–H and O–H groups in total. The Labute approximate surface area is 117 Å². The molecule has 0 atom stereocenters. The van der Waals surface area contributed by atoms with Gasteiger partial charge >= 0.3 is 5.97 Å². The number of carbonyl (C=O) groups is 1. The van der Waals surface area contributed by atoms with E-state index >= 15 is 0 Å². The number of ether oxygens (including phenoxy) is 2. The largest absolute Gasteiger partial charge is 0.461 e. The van der Waals surface area contributed by atoms with Crippen molar-refractivity contribution in [3.63, 3.8) is 0 Å². The number of hydrogen-bond acceptors (Lipinski definition) is 4. The predicted molar refractivity (Wildman–Crippen MR) is 74.7 cm³/mol. The first-order chi connectivity index (χ1) is 9.74. The van der Waals surface area contributed by atoms with Crippen molar-refractivity contribution in [1.29, 1.82) is 0 Å². The molecule has 0 aliphatic heterocycles. The number of pyridine rings is 1. The molecule has 0 bridgehead atoms. The standard InChI is InChI=1S/C15H18N2O3/c1-3-20-15(18)12-6-10-11(9-4-5-9)7-16-13(8-19-2)14(10)17-12/h6-7,9,17H,3-5,8H2,1-2H3. The van der Waals surface area contributed by atoms with Crippen LogP contribution in [0.15, 0.2) is 12.3 Å². The highest BCUT2D eigenvalue weighted by Crippen LogP contribution is 2.43. The minimum absolute atomic E-state index is 0.325. The molecule has 0 saturated heterocycles. The van der Waals surface area contributed by atoms with Gasteiger partial charge in [-0.3, -0.25) is 4.98 Å². The molecule has 1 aliphatic rings. The molecule has 2 aromatic heterocycles. The average molecular weight is 274 g/mol. The average Bonchev–Trinajstić information content (AvgIpc) is 3.17. The van der Waals surface area contributed by atoms with Gasteiger partial charge in [-0.05, 0) is 37.3 Å². The van der Waals surface area contributed by atoms with E-state index in [1.54, 1.807) is 14.0 Å². The molecule has 5 nitrogen and oxygen atoms in total. The highest BCUT2D eigenvalue weighted by molar-refractivity contribution is 5.96. The number of methoxy groups -OCH3 is 1. The number of esters is 1. The summed E-state index contributed by atoms with van der Waals surface area (Å²) in [6, 6.07) is 1.88. The highest BCUT2D eigenvalue weighted by atomic mass is 16.5. The lowest BCUT2D eigenvalue weighted by atomic mass is 10.1. The van der Waals surface area contributed by atoms with Crippen molar-refractivity contribution in [2.45, 2.75) is 32.3 Å². The van der Waals surface area contributed by atoms with Crippen LogP contribution in [0.2, 0.25) is 0 Å². The molecule has 0 aromatic carbocycles. The van der Waals surface area contributed by atoms with E-state index in [4.69, 9.17) is 9.47 Å². The number of aromatic nitrogens is 2. The lowest BCUT2D eigenvalue weighted by molar-refractivity contribution is 0.0520. The summed E-state index contributed by atoms with van der Waals surface area (Å²) < 4.78 is 10.2. The molecule has 2 aromatic rings. The van der Waals surface area contributed by atoms with E-state index in [-0.39, 0.29) is 5.97 Å². The van der Waals surface area contributed by atoms with Crippen LogP contribution in [0.25, 0.3) is 10.9 Å². The first-order valence-electron chi connectivity index (χ1n) is 6.91. The first kappa shape index (κ1) is 13.1. The topological polar surface area (TPSA) is 64.2 Å². The molecular weight excluding hydrogens is 256 g/mol. The van der Waals surface area contributed by atoms with Crippen LogP contribution < -0.4 is 0 Å². The predicted octanol–water partition coefficient (Wildman–Crippen LogP) is 2.76. The zero-order valence-electron chi connectivity index (χ0n) is 11.7. The molecule has 0 radical (unpaired) electrons. The van der Waals surface area contributed by atoms with Crippen LogP contribution in [-0.2, 0) is 16.1 Å². The summed E-state index contributed by atoms with van der Waals surface area (Å²) in [5.74, 6) is 0.251. The Morgan fingerprint density at radius 2 is 2.30 bits per heavy atom. The molecule has 20 heavy (non-hydrogen) atoms. The van der Waals surface area contributed by atoms with Crippen molar-refractivity contribution >= 4 is 16.9 Å². The Morgan fingerprint density at radius 1 is 1.50 bits per heavy atom. The van der Waals surface area contributed by atoms with Gasteiger partial charge in [0.05, 0.1) is 24.4 Å². The van der Waals surface area contributed by atoms with Crippen molar-refractivity contribution in [2.24, 2.45) is 0 Å². The van der Waals surface area contributed by atoms with Crippen LogP contribution in [0.3, 0.4) is 0 Å². The van der Waals surface area contributed by atoms with Crippen LogP contribution in [0, 0.1) is 0 Å². The molecular formula is C15H18N2O3. The lowest BCUT2D eigenvalue weighted by Crippen LogP contribution is -2.04. The van der Waals surface area contributed by atoms with E-state index in [0.29, 0.717) is 24.8 Å². The van der Waals surface area contributed by atoms with Gasteiger partial charge in [-0.2, -0.15) is 0 Å². The van der Waals surface area contributed by atoms with Gasteiger partial charge in [0.15, 0.2) is 0 Å². The van der Waals surface area contributed by atoms with Gasteiger partial charge in [0, 0.05) is 18.7 Å².